The van der Waals surface area contributed by atoms with Gasteiger partial charge in [-0.05, 0) is 19.9 Å². The second kappa shape index (κ2) is 3.83. The number of ketones is 1. The second-order valence-electron chi connectivity index (χ2n) is 2.21. The molecule has 0 bridgehead atoms. The van der Waals surface area contributed by atoms with Gasteiger partial charge in [0.15, 0.2) is 5.78 Å². The maximum atomic E-state index is 10.7. The molecule has 0 unspecified atom stereocenters. The van der Waals surface area contributed by atoms with Gasteiger partial charge in [-0.3, -0.25) is 4.79 Å². The van der Waals surface area contributed by atoms with Gasteiger partial charge in [0.2, 0.25) is 0 Å². The number of Topliss-reactive ketones (excluding diaryl/α,β-unsaturated/α-hetero) is 1. The second-order valence-corrected chi connectivity index (χ2v) is 2.21. The molecule has 0 aliphatic rings. The van der Waals surface area contributed by atoms with Crippen molar-refractivity contribution in [3.63, 3.8) is 0 Å². The molecule has 0 N–H and O–H groups in total. The van der Waals surface area contributed by atoms with Crippen molar-refractivity contribution in [2.45, 2.75) is 13.8 Å². The van der Waals surface area contributed by atoms with Crippen molar-refractivity contribution in [2.24, 2.45) is 0 Å². The van der Waals surface area contributed by atoms with Gasteiger partial charge in [0.1, 0.15) is 0 Å². The summed E-state index contributed by atoms with van der Waals surface area (Å²) in [4.78, 5) is 10.7. The van der Waals surface area contributed by atoms with Gasteiger partial charge in [-0.25, -0.2) is 0 Å². The molecule has 0 atom stereocenters. The molecule has 0 aromatic rings. The quantitative estimate of drug-likeness (QED) is 0.429. The van der Waals surface area contributed by atoms with Crippen LogP contribution in [0.4, 0.5) is 0 Å². The smallest absolute Gasteiger partial charge is 0.159 e. The third-order valence-corrected chi connectivity index (χ3v) is 1.03. The Balaban J connectivity index is 4.49. The molecule has 0 aromatic heterocycles. The van der Waals surface area contributed by atoms with Crippen LogP contribution in [0.2, 0.25) is 0 Å². The molecule has 0 aliphatic carbocycles. The van der Waals surface area contributed by atoms with E-state index in [0.717, 1.165) is 5.57 Å². The molecule has 10 heavy (non-hydrogen) atoms. The summed E-state index contributed by atoms with van der Waals surface area (Å²) in [5.74, 6) is 0.0259. The Bertz CT molecular complexity index is 197. The summed E-state index contributed by atoms with van der Waals surface area (Å²) in [6, 6.07) is 0. The van der Waals surface area contributed by atoms with Crippen LogP contribution in [0.15, 0.2) is 36.5 Å². The Morgan fingerprint density at radius 3 is 2.00 bits per heavy atom. The van der Waals surface area contributed by atoms with E-state index in [2.05, 4.69) is 13.2 Å². The summed E-state index contributed by atoms with van der Waals surface area (Å²) in [6.07, 6.45) is 3.26. The Kier molecular flexibility index (Phi) is 3.40. The van der Waals surface area contributed by atoms with Gasteiger partial charge < -0.3 is 0 Å². The molecule has 0 aromatic carbocycles. The topological polar surface area (TPSA) is 17.1 Å². The molecule has 1 nitrogen and oxygen atoms in total. The van der Waals surface area contributed by atoms with Gasteiger partial charge in [0.25, 0.3) is 0 Å². The molecular formula is C9H12O. The van der Waals surface area contributed by atoms with Crippen LogP contribution in [-0.2, 0) is 4.79 Å². The minimum atomic E-state index is 0.0259. The maximum absolute atomic E-state index is 10.7. The predicted molar refractivity (Wildman–Crippen MR) is 43.8 cm³/mol. The number of carbonyl (C=O) groups is 1. The Morgan fingerprint density at radius 2 is 1.90 bits per heavy atom. The predicted octanol–water partition coefficient (Wildman–Crippen LogP) is 2.26. The van der Waals surface area contributed by atoms with Gasteiger partial charge in [-0.15, -0.1) is 0 Å². The largest absolute Gasteiger partial charge is 0.295 e. The first-order chi connectivity index (χ1) is 4.57. The van der Waals surface area contributed by atoms with E-state index in [1.165, 1.54) is 13.0 Å². The van der Waals surface area contributed by atoms with E-state index in [1.807, 2.05) is 6.92 Å². The lowest BCUT2D eigenvalue weighted by molar-refractivity contribution is -0.113. The summed E-state index contributed by atoms with van der Waals surface area (Å²) in [7, 11) is 0. The standard InChI is InChI=1S/C9H12O/c1-5-9(8(4)10)6-7(2)3/h5-6H,1-2H2,3-4H3/b9-6+. The van der Waals surface area contributed by atoms with E-state index < -0.39 is 0 Å². The van der Waals surface area contributed by atoms with Gasteiger partial charge in [0.05, 0.1) is 0 Å². The van der Waals surface area contributed by atoms with Gasteiger partial charge in [-0.2, -0.15) is 0 Å². The molecule has 54 valence electrons. The first-order valence-corrected chi connectivity index (χ1v) is 3.08. The summed E-state index contributed by atoms with van der Waals surface area (Å²) < 4.78 is 0. The molecule has 0 aliphatic heterocycles. The molecule has 0 radical (unpaired) electrons. The highest BCUT2D eigenvalue weighted by Gasteiger charge is 1.95. The molecule has 0 fully saturated rings. The van der Waals surface area contributed by atoms with E-state index in [9.17, 15) is 4.79 Å². The van der Waals surface area contributed by atoms with Gasteiger partial charge in [0, 0.05) is 5.57 Å². The van der Waals surface area contributed by atoms with Crippen LogP contribution in [0, 0.1) is 0 Å². The summed E-state index contributed by atoms with van der Waals surface area (Å²) >= 11 is 0. The van der Waals surface area contributed by atoms with Crippen LogP contribution in [0.25, 0.3) is 0 Å². The first kappa shape index (κ1) is 8.89. The highest BCUT2D eigenvalue weighted by atomic mass is 16.1. The Labute approximate surface area is 61.8 Å². The van der Waals surface area contributed by atoms with Crippen LogP contribution >= 0.6 is 0 Å². The monoisotopic (exact) mass is 136 g/mol. The molecule has 0 saturated carbocycles. The van der Waals surface area contributed by atoms with E-state index in [1.54, 1.807) is 6.08 Å². The third kappa shape index (κ3) is 3.02. The van der Waals surface area contributed by atoms with E-state index in [4.69, 9.17) is 0 Å². The van der Waals surface area contributed by atoms with Crippen LogP contribution in [0.1, 0.15) is 13.8 Å². The van der Waals surface area contributed by atoms with E-state index in [0.29, 0.717) is 5.57 Å². The van der Waals surface area contributed by atoms with Crippen molar-refractivity contribution in [1.82, 2.24) is 0 Å². The number of hydrogen-bond acceptors (Lipinski definition) is 1. The summed E-state index contributed by atoms with van der Waals surface area (Å²) in [5, 5.41) is 0. The number of rotatable bonds is 3. The molecule has 0 saturated heterocycles. The zero-order chi connectivity index (χ0) is 8.15. The molecular weight excluding hydrogens is 124 g/mol. The van der Waals surface area contributed by atoms with Gasteiger partial charge in [-0.1, -0.05) is 24.8 Å². The van der Waals surface area contributed by atoms with Crippen molar-refractivity contribution in [2.75, 3.05) is 0 Å². The third-order valence-electron chi connectivity index (χ3n) is 1.03. The number of hydrogen-bond donors (Lipinski definition) is 0. The average Bonchev–Trinajstić information content (AvgIpc) is 1.81. The van der Waals surface area contributed by atoms with Crippen LogP contribution in [0.3, 0.4) is 0 Å². The zero-order valence-electron chi connectivity index (χ0n) is 6.48. The first-order valence-electron chi connectivity index (χ1n) is 3.08. The molecule has 1 heteroatoms. The van der Waals surface area contributed by atoms with Crippen LogP contribution in [0.5, 0.6) is 0 Å². The average molecular weight is 136 g/mol. The van der Waals surface area contributed by atoms with Crippen molar-refractivity contribution >= 4 is 5.78 Å². The zero-order valence-corrected chi connectivity index (χ0v) is 6.48. The highest BCUT2D eigenvalue weighted by Crippen LogP contribution is 2.01. The highest BCUT2D eigenvalue weighted by molar-refractivity contribution is 5.96. The molecule has 0 spiro atoms. The minimum absolute atomic E-state index is 0.0259. The maximum Gasteiger partial charge on any atom is 0.159 e. The number of carbonyl (C=O) groups excluding carboxylic acids is 1. The Hall–Kier alpha value is -1.11. The Morgan fingerprint density at radius 1 is 1.40 bits per heavy atom. The van der Waals surface area contributed by atoms with Crippen LogP contribution in [-0.4, -0.2) is 5.78 Å². The lowest BCUT2D eigenvalue weighted by Gasteiger charge is -1.93. The fourth-order valence-electron chi connectivity index (χ4n) is 0.570. The minimum Gasteiger partial charge on any atom is -0.295 e. The SMILES string of the molecule is C=C/C(=C\C(=C)C)C(C)=O. The lowest BCUT2D eigenvalue weighted by Crippen LogP contribution is -1.92. The van der Waals surface area contributed by atoms with Gasteiger partial charge >= 0.3 is 0 Å². The van der Waals surface area contributed by atoms with E-state index >= 15 is 0 Å². The van der Waals surface area contributed by atoms with Crippen molar-refractivity contribution in [1.29, 1.82) is 0 Å². The summed E-state index contributed by atoms with van der Waals surface area (Å²) in [5.41, 5.74) is 1.48. The van der Waals surface area contributed by atoms with Crippen molar-refractivity contribution in [3.8, 4) is 0 Å². The molecule has 0 rings (SSSR count). The molecule has 0 heterocycles. The van der Waals surface area contributed by atoms with Crippen molar-refractivity contribution < 1.29 is 4.79 Å². The number of allylic oxidation sites excluding steroid dienone is 4. The fourth-order valence-corrected chi connectivity index (χ4v) is 0.570. The normalized spacial score (nSPS) is 10.8. The molecule has 0 amide bonds. The van der Waals surface area contributed by atoms with E-state index in [-0.39, 0.29) is 5.78 Å². The van der Waals surface area contributed by atoms with Crippen LogP contribution < -0.4 is 0 Å². The van der Waals surface area contributed by atoms with Crippen molar-refractivity contribution in [3.05, 3.63) is 36.5 Å². The lowest BCUT2D eigenvalue weighted by atomic mass is 10.1. The fraction of sp³-hybridized carbons (Fsp3) is 0.222. The summed E-state index contributed by atoms with van der Waals surface area (Å²) in [6.45, 7) is 10.5.